The van der Waals surface area contributed by atoms with Crippen LogP contribution in [0, 0.1) is 0 Å². The fraction of sp³-hybridized carbons (Fsp3) is 0.545. The molecule has 0 spiro atoms. The Hall–Kier alpha value is -0.670. The first-order chi connectivity index (χ1) is 6.84. The Morgan fingerprint density at radius 1 is 1.50 bits per heavy atom. The molecule has 1 heterocycles. The second kappa shape index (κ2) is 4.71. The SMILES string of the molecule is NC1C=C(Cc2cncs2)CCCC1. The highest BCUT2D eigenvalue weighted by Crippen LogP contribution is 2.21. The molecule has 1 aliphatic rings. The molecule has 2 nitrogen and oxygen atoms in total. The Morgan fingerprint density at radius 3 is 3.21 bits per heavy atom. The fourth-order valence-corrected chi connectivity index (χ4v) is 2.55. The molecule has 0 saturated carbocycles. The maximum absolute atomic E-state index is 5.97. The minimum Gasteiger partial charge on any atom is -0.324 e. The highest BCUT2D eigenvalue weighted by atomic mass is 32.1. The van der Waals surface area contributed by atoms with Crippen LogP contribution in [0.3, 0.4) is 0 Å². The van der Waals surface area contributed by atoms with E-state index < -0.39 is 0 Å². The van der Waals surface area contributed by atoms with E-state index in [1.54, 1.807) is 11.3 Å². The van der Waals surface area contributed by atoms with Crippen LogP contribution in [0.5, 0.6) is 0 Å². The molecule has 1 aromatic rings. The van der Waals surface area contributed by atoms with Gasteiger partial charge in [-0.05, 0) is 19.3 Å². The molecule has 0 bridgehead atoms. The first-order valence-electron chi connectivity index (χ1n) is 5.17. The Kier molecular flexibility index (Phi) is 3.32. The van der Waals surface area contributed by atoms with Crippen molar-refractivity contribution in [1.82, 2.24) is 4.98 Å². The van der Waals surface area contributed by atoms with Gasteiger partial charge in [0.2, 0.25) is 0 Å². The van der Waals surface area contributed by atoms with Gasteiger partial charge in [-0.2, -0.15) is 0 Å². The summed E-state index contributed by atoms with van der Waals surface area (Å²) < 4.78 is 0. The van der Waals surface area contributed by atoms with Crippen LogP contribution in [-0.2, 0) is 6.42 Å². The second-order valence-electron chi connectivity index (χ2n) is 3.88. The van der Waals surface area contributed by atoms with Crippen LogP contribution < -0.4 is 5.73 Å². The molecule has 76 valence electrons. The molecule has 1 atom stereocenters. The summed E-state index contributed by atoms with van der Waals surface area (Å²) in [6.07, 6.45) is 10.2. The molecular formula is C11H16N2S. The Bertz CT molecular complexity index is 303. The third-order valence-corrected chi connectivity index (χ3v) is 3.40. The monoisotopic (exact) mass is 208 g/mol. The number of rotatable bonds is 2. The van der Waals surface area contributed by atoms with Gasteiger partial charge >= 0.3 is 0 Å². The second-order valence-corrected chi connectivity index (χ2v) is 4.85. The van der Waals surface area contributed by atoms with Crippen molar-refractivity contribution in [3.8, 4) is 0 Å². The predicted octanol–water partition coefficient (Wildman–Crippen LogP) is 2.51. The maximum atomic E-state index is 5.97. The maximum Gasteiger partial charge on any atom is 0.0794 e. The zero-order valence-electron chi connectivity index (χ0n) is 8.28. The number of hydrogen-bond donors (Lipinski definition) is 1. The fourth-order valence-electron chi connectivity index (χ4n) is 1.90. The van der Waals surface area contributed by atoms with E-state index in [9.17, 15) is 0 Å². The summed E-state index contributed by atoms with van der Waals surface area (Å²) >= 11 is 1.73. The number of allylic oxidation sites excluding steroid dienone is 1. The van der Waals surface area contributed by atoms with Crippen molar-refractivity contribution in [2.24, 2.45) is 5.73 Å². The summed E-state index contributed by atoms with van der Waals surface area (Å²) in [6, 6.07) is 0.278. The summed E-state index contributed by atoms with van der Waals surface area (Å²) in [5.74, 6) is 0. The molecule has 0 saturated heterocycles. The van der Waals surface area contributed by atoms with Crippen molar-refractivity contribution in [3.05, 3.63) is 28.2 Å². The quantitative estimate of drug-likeness (QED) is 0.758. The van der Waals surface area contributed by atoms with Gasteiger partial charge < -0.3 is 5.73 Å². The van der Waals surface area contributed by atoms with Gasteiger partial charge in [-0.1, -0.05) is 18.1 Å². The summed E-state index contributed by atoms with van der Waals surface area (Å²) in [5.41, 5.74) is 9.36. The summed E-state index contributed by atoms with van der Waals surface area (Å²) in [4.78, 5) is 5.44. The van der Waals surface area contributed by atoms with E-state index in [2.05, 4.69) is 11.1 Å². The molecule has 3 heteroatoms. The van der Waals surface area contributed by atoms with Crippen LogP contribution in [0.2, 0.25) is 0 Å². The van der Waals surface area contributed by atoms with E-state index in [4.69, 9.17) is 5.73 Å². The third-order valence-electron chi connectivity index (χ3n) is 2.62. The number of aromatic nitrogens is 1. The lowest BCUT2D eigenvalue weighted by Crippen LogP contribution is -2.15. The van der Waals surface area contributed by atoms with Gasteiger partial charge in [0.15, 0.2) is 0 Å². The smallest absolute Gasteiger partial charge is 0.0794 e. The topological polar surface area (TPSA) is 38.9 Å². The minimum absolute atomic E-state index is 0.278. The Balaban J connectivity index is 2.02. The van der Waals surface area contributed by atoms with Gasteiger partial charge in [0.05, 0.1) is 5.51 Å². The van der Waals surface area contributed by atoms with E-state index in [-0.39, 0.29) is 6.04 Å². The highest BCUT2D eigenvalue weighted by molar-refractivity contribution is 7.09. The molecule has 1 aromatic heterocycles. The molecule has 2 rings (SSSR count). The zero-order valence-corrected chi connectivity index (χ0v) is 9.09. The average Bonchev–Trinajstić information content (AvgIpc) is 2.56. The van der Waals surface area contributed by atoms with E-state index >= 15 is 0 Å². The largest absolute Gasteiger partial charge is 0.324 e. The number of thiazole rings is 1. The molecule has 0 aromatic carbocycles. The first-order valence-corrected chi connectivity index (χ1v) is 6.05. The van der Waals surface area contributed by atoms with Crippen molar-refractivity contribution in [2.75, 3.05) is 0 Å². The van der Waals surface area contributed by atoms with Crippen molar-refractivity contribution in [2.45, 2.75) is 38.1 Å². The molecule has 0 aliphatic heterocycles. The van der Waals surface area contributed by atoms with Gasteiger partial charge in [0.1, 0.15) is 0 Å². The van der Waals surface area contributed by atoms with E-state index in [0.29, 0.717) is 0 Å². The molecule has 14 heavy (non-hydrogen) atoms. The van der Waals surface area contributed by atoms with Gasteiger partial charge in [0.25, 0.3) is 0 Å². The van der Waals surface area contributed by atoms with Crippen molar-refractivity contribution >= 4 is 11.3 Å². The van der Waals surface area contributed by atoms with Gasteiger partial charge in [0, 0.05) is 23.5 Å². The van der Waals surface area contributed by atoms with Gasteiger partial charge in [-0.3, -0.25) is 4.98 Å². The molecular weight excluding hydrogens is 192 g/mol. The van der Waals surface area contributed by atoms with Crippen LogP contribution in [0.25, 0.3) is 0 Å². The van der Waals surface area contributed by atoms with E-state index in [1.807, 2.05) is 11.7 Å². The molecule has 0 fully saturated rings. The lowest BCUT2D eigenvalue weighted by molar-refractivity contribution is 0.654. The lowest BCUT2D eigenvalue weighted by atomic mass is 10.1. The van der Waals surface area contributed by atoms with Crippen molar-refractivity contribution in [3.63, 3.8) is 0 Å². The number of nitrogens with zero attached hydrogens (tertiary/aromatic N) is 1. The van der Waals surface area contributed by atoms with Crippen LogP contribution in [-0.4, -0.2) is 11.0 Å². The van der Waals surface area contributed by atoms with Crippen LogP contribution in [0.4, 0.5) is 0 Å². The standard InChI is InChI=1S/C11H16N2S/c12-10-4-2-1-3-9(5-10)6-11-7-13-8-14-11/h5,7-8,10H,1-4,6,12H2. The summed E-state index contributed by atoms with van der Waals surface area (Å²) in [6.45, 7) is 0. The summed E-state index contributed by atoms with van der Waals surface area (Å²) in [7, 11) is 0. The molecule has 0 amide bonds. The van der Waals surface area contributed by atoms with Gasteiger partial charge in [-0.15, -0.1) is 11.3 Å². The van der Waals surface area contributed by atoms with Crippen molar-refractivity contribution in [1.29, 1.82) is 0 Å². The van der Waals surface area contributed by atoms with E-state index in [0.717, 1.165) is 12.8 Å². The van der Waals surface area contributed by atoms with Gasteiger partial charge in [-0.25, -0.2) is 0 Å². The molecule has 1 aliphatic carbocycles. The zero-order chi connectivity index (χ0) is 9.80. The predicted molar refractivity (Wildman–Crippen MR) is 60.3 cm³/mol. The minimum atomic E-state index is 0.278. The molecule has 0 radical (unpaired) electrons. The number of nitrogens with two attached hydrogens (primary N) is 1. The third kappa shape index (κ3) is 2.66. The lowest BCUT2D eigenvalue weighted by Gasteiger charge is -2.04. The molecule has 1 unspecified atom stereocenters. The normalized spacial score (nSPS) is 22.9. The molecule has 2 N–H and O–H groups in total. The summed E-state index contributed by atoms with van der Waals surface area (Å²) in [5, 5.41) is 0. The highest BCUT2D eigenvalue weighted by Gasteiger charge is 2.09. The van der Waals surface area contributed by atoms with Crippen LogP contribution >= 0.6 is 11.3 Å². The van der Waals surface area contributed by atoms with Crippen molar-refractivity contribution < 1.29 is 0 Å². The first kappa shape index (κ1) is 9.87. The van der Waals surface area contributed by atoms with Crippen LogP contribution in [0.15, 0.2) is 23.4 Å². The number of hydrogen-bond acceptors (Lipinski definition) is 3. The Labute approximate surface area is 88.9 Å². The Morgan fingerprint density at radius 2 is 2.43 bits per heavy atom. The van der Waals surface area contributed by atoms with E-state index in [1.165, 1.54) is 29.7 Å². The van der Waals surface area contributed by atoms with Crippen LogP contribution in [0.1, 0.15) is 30.6 Å². The average molecular weight is 208 g/mol.